The van der Waals surface area contributed by atoms with Crippen LogP contribution < -0.4 is 4.74 Å². The lowest BCUT2D eigenvalue weighted by atomic mass is 9.86. The monoisotopic (exact) mass is 477 g/mol. The number of aryl methyl sites for hydroxylation is 2. The zero-order chi connectivity index (χ0) is 24.3. The average molecular weight is 478 g/mol. The van der Waals surface area contributed by atoms with Crippen LogP contribution in [0.1, 0.15) is 46.0 Å². The fraction of sp³-hybridized carbons (Fsp3) is 0.286. The van der Waals surface area contributed by atoms with Crippen LogP contribution in [-0.2, 0) is 24.2 Å². The highest BCUT2D eigenvalue weighted by atomic mass is 35.5. The third-order valence-corrected chi connectivity index (χ3v) is 6.59. The molecule has 0 aliphatic carbocycles. The first kappa shape index (κ1) is 23.8. The Labute approximate surface area is 204 Å². The number of hydrogen-bond donors (Lipinski definition) is 1. The zero-order valence-corrected chi connectivity index (χ0v) is 20.1. The number of rotatable bonds is 7. The first-order chi connectivity index (χ1) is 16.2. The smallest absolute Gasteiger partial charge is 0.323 e. The maximum absolute atomic E-state index is 13.3. The molecule has 6 heteroatoms. The summed E-state index contributed by atoms with van der Waals surface area (Å²) in [6, 6.07) is 20.9. The van der Waals surface area contributed by atoms with E-state index in [0.717, 1.165) is 45.9 Å². The van der Waals surface area contributed by atoms with Crippen molar-refractivity contribution in [3.05, 3.63) is 99.6 Å². The van der Waals surface area contributed by atoms with E-state index in [9.17, 15) is 14.7 Å². The minimum absolute atomic E-state index is 0.231. The van der Waals surface area contributed by atoms with Crippen LogP contribution in [0.3, 0.4) is 0 Å². The van der Waals surface area contributed by atoms with Gasteiger partial charge >= 0.3 is 5.97 Å². The maximum atomic E-state index is 13.3. The molecule has 0 spiro atoms. The van der Waals surface area contributed by atoms with Gasteiger partial charge in [0, 0.05) is 23.6 Å². The van der Waals surface area contributed by atoms with Gasteiger partial charge in [0.1, 0.15) is 17.9 Å². The molecule has 0 radical (unpaired) electrons. The fourth-order valence-corrected chi connectivity index (χ4v) is 4.55. The van der Waals surface area contributed by atoms with Crippen molar-refractivity contribution in [2.24, 2.45) is 0 Å². The largest absolute Gasteiger partial charge is 0.487 e. The van der Waals surface area contributed by atoms with E-state index in [1.54, 1.807) is 6.07 Å². The number of carboxylic acid groups (broad SMARTS) is 1. The molecule has 1 heterocycles. The molecule has 1 aliphatic rings. The highest BCUT2D eigenvalue weighted by Gasteiger charge is 2.33. The van der Waals surface area contributed by atoms with Crippen LogP contribution in [0, 0.1) is 6.92 Å². The number of aliphatic carboxylic acids is 1. The number of carbonyl (C=O) groups is 2. The van der Waals surface area contributed by atoms with Gasteiger partial charge in [-0.2, -0.15) is 0 Å². The van der Waals surface area contributed by atoms with Crippen LogP contribution in [0.5, 0.6) is 5.75 Å². The molecule has 1 N–H and O–H groups in total. The minimum atomic E-state index is -1.04. The van der Waals surface area contributed by atoms with Crippen molar-refractivity contribution < 1.29 is 19.4 Å². The molecular weight excluding hydrogens is 450 g/mol. The van der Waals surface area contributed by atoms with Gasteiger partial charge in [0.05, 0.1) is 0 Å². The Hall–Kier alpha value is -3.31. The molecule has 0 saturated carbocycles. The number of amides is 1. The highest BCUT2D eigenvalue weighted by Crippen LogP contribution is 2.37. The first-order valence-corrected chi connectivity index (χ1v) is 11.7. The summed E-state index contributed by atoms with van der Waals surface area (Å²) in [5, 5.41) is 10.1. The van der Waals surface area contributed by atoms with Crippen LogP contribution in [0.4, 0.5) is 0 Å². The normalized spacial score (nSPS) is 16.9. The Morgan fingerprint density at radius 2 is 1.82 bits per heavy atom. The van der Waals surface area contributed by atoms with E-state index in [1.807, 2.05) is 67.6 Å². The van der Waals surface area contributed by atoms with E-state index >= 15 is 0 Å². The van der Waals surface area contributed by atoms with Gasteiger partial charge in [0.25, 0.3) is 5.91 Å². The number of carbonyl (C=O) groups excluding carboxylic acids is 1. The number of hydrogen-bond acceptors (Lipinski definition) is 3. The van der Waals surface area contributed by atoms with Crippen LogP contribution in [0.15, 0.2) is 66.7 Å². The molecule has 4 rings (SSSR count). The topological polar surface area (TPSA) is 66.8 Å². The fourth-order valence-electron chi connectivity index (χ4n) is 4.35. The summed E-state index contributed by atoms with van der Waals surface area (Å²) >= 11 is 6.35. The molecular formula is C28H28ClNO4. The van der Waals surface area contributed by atoms with Crippen molar-refractivity contribution in [3.8, 4) is 5.75 Å². The van der Waals surface area contributed by atoms with Crippen molar-refractivity contribution in [2.45, 2.75) is 45.3 Å². The van der Waals surface area contributed by atoms with Crippen LogP contribution in [0.25, 0.3) is 0 Å². The van der Waals surface area contributed by atoms with Gasteiger partial charge in [-0.25, -0.2) is 0 Å². The van der Waals surface area contributed by atoms with Crippen molar-refractivity contribution in [3.63, 3.8) is 0 Å². The molecule has 0 fully saturated rings. The van der Waals surface area contributed by atoms with E-state index < -0.39 is 11.6 Å². The summed E-state index contributed by atoms with van der Waals surface area (Å²) in [4.78, 5) is 26.1. The Bertz CT molecular complexity index is 1210. The molecule has 0 saturated heterocycles. The lowest BCUT2D eigenvalue weighted by molar-refractivity contribution is -0.137. The number of carboxylic acids is 1. The quantitative estimate of drug-likeness (QED) is 0.474. The maximum Gasteiger partial charge on any atom is 0.323 e. The summed E-state index contributed by atoms with van der Waals surface area (Å²) in [7, 11) is 0. The molecule has 34 heavy (non-hydrogen) atoms. The van der Waals surface area contributed by atoms with Gasteiger partial charge in [-0.1, -0.05) is 59.6 Å². The van der Waals surface area contributed by atoms with Gasteiger partial charge in [-0.15, -0.1) is 0 Å². The van der Waals surface area contributed by atoms with Crippen LogP contribution in [0.2, 0.25) is 5.02 Å². The second-order valence-electron chi connectivity index (χ2n) is 9.18. The van der Waals surface area contributed by atoms with Gasteiger partial charge < -0.3 is 14.7 Å². The van der Waals surface area contributed by atoms with Gasteiger partial charge in [-0.3, -0.25) is 9.59 Å². The van der Waals surface area contributed by atoms with Gasteiger partial charge in [0.15, 0.2) is 0 Å². The highest BCUT2D eigenvalue weighted by molar-refractivity contribution is 6.31. The average Bonchev–Trinajstić information content (AvgIpc) is 2.80. The number of halogens is 1. The number of ether oxygens (including phenoxy) is 1. The zero-order valence-electron chi connectivity index (χ0n) is 19.4. The van der Waals surface area contributed by atoms with E-state index in [4.69, 9.17) is 16.3 Å². The van der Waals surface area contributed by atoms with E-state index in [-0.39, 0.29) is 19.0 Å². The molecule has 1 atom stereocenters. The van der Waals surface area contributed by atoms with Crippen molar-refractivity contribution in [2.75, 3.05) is 6.54 Å². The number of benzene rings is 3. The SMILES string of the molecule is Cc1ccc(CN(CC(=O)O)C(=O)c2ccc3c(c2)CC[C@](C)(Cc2ccccc2Cl)O3)cc1. The molecule has 5 nitrogen and oxygen atoms in total. The summed E-state index contributed by atoms with van der Waals surface area (Å²) in [6.07, 6.45) is 2.23. The summed E-state index contributed by atoms with van der Waals surface area (Å²) in [6.45, 7) is 3.93. The van der Waals surface area contributed by atoms with Crippen molar-refractivity contribution >= 4 is 23.5 Å². The predicted molar refractivity (Wildman–Crippen MR) is 133 cm³/mol. The van der Waals surface area contributed by atoms with Crippen molar-refractivity contribution in [1.29, 1.82) is 0 Å². The summed E-state index contributed by atoms with van der Waals surface area (Å²) < 4.78 is 6.37. The Kier molecular flexibility index (Phi) is 6.94. The van der Waals surface area contributed by atoms with Crippen LogP contribution >= 0.6 is 11.6 Å². The second-order valence-corrected chi connectivity index (χ2v) is 9.59. The molecule has 1 aliphatic heterocycles. The Balaban J connectivity index is 1.52. The van der Waals surface area contributed by atoms with Crippen LogP contribution in [-0.4, -0.2) is 34.0 Å². The first-order valence-electron chi connectivity index (χ1n) is 11.3. The third kappa shape index (κ3) is 5.60. The summed E-state index contributed by atoms with van der Waals surface area (Å²) in [5.74, 6) is -0.604. The number of fused-ring (bicyclic) bond motifs is 1. The predicted octanol–water partition coefficient (Wildman–Crippen LogP) is 5.70. The molecule has 3 aromatic rings. The van der Waals surface area contributed by atoms with E-state index in [1.165, 1.54) is 4.90 Å². The summed E-state index contributed by atoms with van der Waals surface area (Å²) in [5.41, 5.74) is 4.05. The van der Waals surface area contributed by atoms with Gasteiger partial charge in [0.2, 0.25) is 0 Å². The third-order valence-electron chi connectivity index (χ3n) is 6.22. The van der Waals surface area contributed by atoms with Gasteiger partial charge in [-0.05, 0) is 67.6 Å². The van der Waals surface area contributed by atoms with E-state index in [0.29, 0.717) is 12.0 Å². The lowest BCUT2D eigenvalue weighted by Gasteiger charge is -2.36. The Morgan fingerprint density at radius 1 is 1.09 bits per heavy atom. The molecule has 1 amide bonds. The molecule has 0 bridgehead atoms. The van der Waals surface area contributed by atoms with E-state index in [2.05, 4.69) is 6.92 Å². The molecule has 0 unspecified atom stereocenters. The second kappa shape index (κ2) is 9.90. The molecule has 176 valence electrons. The molecule has 3 aromatic carbocycles. The number of nitrogens with zero attached hydrogens (tertiary/aromatic N) is 1. The minimum Gasteiger partial charge on any atom is -0.487 e. The van der Waals surface area contributed by atoms with Crippen molar-refractivity contribution in [1.82, 2.24) is 4.90 Å². The Morgan fingerprint density at radius 3 is 2.53 bits per heavy atom. The lowest BCUT2D eigenvalue weighted by Crippen LogP contribution is -2.39. The molecule has 0 aromatic heterocycles. The standard InChI is InChI=1S/C28H28ClNO4/c1-19-7-9-20(10-8-19)17-30(18-26(31)32)27(33)22-11-12-25-21(15-22)13-14-28(2,34-25)16-23-5-3-4-6-24(23)29/h3-12,15H,13-14,16-18H2,1-2H3,(H,31,32)/t28-/m1/s1.